The van der Waals surface area contributed by atoms with Crippen LogP contribution in [0.3, 0.4) is 0 Å². The summed E-state index contributed by atoms with van der Waals surface area (Å²) in [7, 11) is 0. The second-order valence-corrected chi connectivity index (χ2v) is 5.15. The van der Waals surface area contributed by atoms with E-state index in [2.05, 4.69) is 23.5 Å². The number of rotatable bonds is 4. The molecule has 0 unspecified atom stereocenters. The third-order valence-corrected chi connectivity index (χ3v) is 3.23. The lowest BCUT2D eigenvalue weighted by Crippen LogP contribution is -2.13. The van der Waals surface area contributed by atoms with E-state index in [4.69, 9.17) is 5.26 Å². The fraction of sp³-hybridized carbons (Fsp3) is 0.235. The van der Waals surface area contributed by atoms with Crippen LogP contribution in [0.4, 0.5) is 5.69 Å². The Labute approximate surface area is 114 Å². The topological polar surface area (TPSA) is 35.8 Å². The molecule has 0 aliphatic rings. The average molecular weight is 250 g/mol. The monoisotopic (exact) mass is 250 g/mol. The van der Waals surface area contributed by atoms with Gasteiger partial charge < -0.3 is 5.32 Å². The van der Waals surface area contributed by atoms with Crippen LogP contribution in [0.15, 0.2) is 54.6 Å². The van der Waals surface area contributed by atoms with Gasteiger partial charge in [0.1, 0.15) is 0 Å². The molecule has 1 N–H and O–H groups in total. The van der Waals surface area contributed by atoms with Gasteiger partial charge in [-0.3, -0.25) is 0 Å². The normalized spacial score (nSPS) is 10.8. The summed E-state index contributed by atoms with van der Waals surface area (Å²) in [6.07, 6.45) is 0. The van der Waals surface area contributed by atoms with E-state index in [0.717, 1.165) is 17.8 Å². The van der Waals surface area contributed by atoms with Gasteiger partial charge in [0.05, 0.1) is 11.5 Å². The smallest absolute Gasteiger partial charge is 0.0766 e. The summed E-state index contributed by atoms with van der Waals surface area (Å²) in [4.78, 5) is 0. The van der Waals surface area contributed by atoms with Crippen molar-refractivity contribution in [3.8, 4) is 6.07 Å². The third-order valence-electron chi connectivity index (χ3n) is 3.23. The van der Waals surface area contributed by atoms with E-state index in [9.17, 15) is 0 Å². The molecular formula is C17H18N2. The zero-order valence-electron chi connectivity index (χ0n) is 11.4. The Kier molecular flexibility index (Phi) is 3.87. The Morgan fingerprint density at radius 2 is 1.63 bits per heavy atom. The molecule has 0 bridgehead atoms. The molecular weight excluding hydrogens is 232 g/mol. The molecule has 0 heterocycles. The first-order valence-electron chi connectivity index (χ1n) is 6.41. The fourth-order valence-corrected chi connectivity index (χ4v) is 1.87. The Morgan fingerprint density at radius 3 is 2.21 bits per heavy atom. The molecule has 2 aromatic rings. The zero-order chi connectivity index (χ0) is 13.7. The van der Waals surface area contributed by atoms with Gasteiger partial charge in [-0.1, -0.05) is 42.5 Å². The van der Waals surface area contributed by atoms with Crippen LogP contribution in [0.5, 0.6) is 0 Å². The van der Waals surface area contributed by atoms with Gasteiger partial charge in [0.2, 0.25) is 0 Å². The maximum Gasteiger partial charge on any atom is 0.0766 e. The Hall–Kier alpha value is -2.27. The van der Waals surface area contributed by atoms with Crippen molar-refractivity contribution in [1.29, 1.82) is 5.26 Å². The number of anilines is 1. The van der Waals surface area contributed by atoms with Crippen LogP contribution < -0.4 is 5.32 Å². The van der Waals surface area contributed by atoms with E-state index in [1.807, 2.05) is 56.3 Å². The zero-order valence-corrected chi connectivity index (χ0v) is 11.4. The van der Waals surface area contributed by atoms with Crippen molar-refractivity contribution in [2.24, 2.45) is 0 Å². The molecule has 0 fully saturated rings. The van der Waals surface area contributed by atoms with Crippen LogP contribution in [-0.2, 0) is 12.0 Å². The Balaban J connectivity index is 2.02. The van der Waals surface area contributed by atoms with Crippen molar-refractivity contribution in [3.63, 3.8) is 0 Å². The third kappa shape index (κ3) is 3.35. The van der Waals surface area contributed by atoms with Crippen LogP contribution in [0.2, 0.25) is 0 Å². The molecule has 0 spiro atoms. The number of benzene rings is 2. The van der Waals surface area contributed by atoms with E-state index in [1.165, 1.54) is 5.56 Å². The summed E-state index contributed by atoms with van der Waals surface area (Å²) in [6.45, 7) is 4.67. The largest absolute Gasteiger partial charge is 0.381 e. The highest BCUT2D eigenvalue weighted by Crippen LogP contribution is 2.23. The predicted molar refractivity (Wildman–Crippen MR) is 78.8 cm³/mol. The van der Waals surface area contributed by atoms with Gasteiger partial charge in [-0.15, -0.1) is 0 Å². The minimum absolute atomic E-state index is 0.433. The van der Waals surface area contributed by atoms with Crippen molar-refractivity contribution in [3.05, 3.63) is 65.7 Å². The van der Waals surface area contributed by atoms with Gasteiger partial charge >= 0.3 is 0 Å². The van der Waals surface area contributed by atoms with Crippen LogP contribution in [-0.4, -0.2) is 0 Å². The molecule has 0 saturated heterocycles. The predicted octanol–water partition coefficient (Wildman–Crippen LogP) is 4.10. The summed E-state index contributed by atoms with van der Waals surface area (Å²) >= 11 is 0. The lowest BCUT2D eigenvalue weighted by molar-refractivity contribution is 0.687. The van der Waals surface area contributed by atoms with Crippen molar-refractivity contribution < 1.29 is 0 Å². The van der Waals surface area contributed by atoms with Gasteiger partial charge in [-0.2, -0.15) is 5.26 Å². The highest BCUT2D eigenvalue weighted by molar-refractivity contribution is 5.47. The molecule has 2 rings (SSSR count). The summed E-state index contributed by atoms with van der Waals surface area (Å²) in [5, 5.41) is 12.5. The first kappa shape index (κ1) is 13.2. The number of nitrogens with one attached hydrogen (secondary N) is 1. The first-order chi connectivity index (χ1) is 9.12. The maximum absolute atomic E-state index is 9.10. The number of nitriles is 1. The highest BCUT2D eigenvalue weighted by atomic mass is 14.9. The van der Waals surface area contributed by atoms with E-state index in [-0.39, 0.29) is 0 Å². The average Bonchev–Trinajstić information content (AvgIpc) is 2.47. The van der Waals surface area contributed by atoms with Crippen LogP contribution in [0, 0.1) is 11.3 Å². The van der Waals surface area contributed by atoms with Gasteiger partial charge in [0.25, 0.3) is 0 Å². The minimum atomic E-state index is -0.433. The van der Waals surface area contributed by atoms with E-state index >= 15 is 0 Å². The lowest BCUT2D eigenvalue weighted by atomic mass is 9.86. The molecule has 96 valence electrons. The Morgan fingerprint density at radius 1 is 1.00 bits per heavy atom. The molecule has 0 atom stereocenters. The molecule has 0 aromatic heterocycles. The van der Waals surface area contributed by atoms with Crippen molar-refractivity contribution >= 4 is 5.69 Å². The summed E-state index contributed by atoms with van der Waals surface area (Å²) < 4.78 is 0. The van der Waals surface area contributed by atoms with Gasteiger partial charge in [0.15, 0.2) is 0 Å². The van der Waals surface area contributed by atoms with Crippen molar-refractivity contribution in [2.75, 3.05) is 5.32 Å². The summed E-state index contributed by atoms with van der Waals surface area (Å²) in [6, 6.07) is 20.7. The SMILES string of the molecule is CC(C)(C#N)c1ccc(NCc2ccccc2)cc1. The highest BCUT2D eigenvalue weighted by Gasteiger charge is 2.18. The molecule has 0 aliphatic carbocycles. The van der Waals surface area contributed by atoms with Crippen LogP contribution in [0.25, 0.3) is 0 Å². The molecule has 2 nitrogen and oxygen atoms in total. The van der Waals surface area contributed by atoms with E-state index in [1.54, 1.807) is 0 Å². The quantitative estimate of drug-likeness (QED) is 0.886. The van der Waals surface area contributed by atoms with Crippen molar-refractivity contribution in [2.45, 2.75) is 25.8 Å². The number of hydrogen-bond acceptors (Lipinski definition) is 2. The molecule has 0 radical (unpaired) electrons. The molecule has 0 amide bonds. The molecule has 19 heavy (non-hydrogen) atoms. The molecule has 2 heteroatoms. The maximum atomic E-state index is 9.10. The van der Waals surface area contributed by atoms with Crippen LogP contribution >= 0.6 is 0 Å². The standard InChI is InChI=1S/C17H18N2/c1-17(2,13-18)15-8-10-16(11-9-15)19-12-14-6-4-3-5-7-14/h3-11,19H,12H2,1-2H3. The number of nitrogens with zero attached hydrogens (tertiary/aromatic N) is 1. The van der Waals surface area contributed by atoms with Gasteiger partial charge in [-0.05, 0) is 37.1 Å². The Bertz CT molecular complexity index is 562. The number of hydrogen-bond donors (Lipinski definition) is 1. The second-order valence-electron chi connectivity index (χ2n) is 5.15. The summed E-state index contributed by atoms with van der Waals surface area (Å²) in [5.74, 6) is 0. The minimum Gasteiger partial charge on any atom is -0.381 e. The molecule has 0 aliphatic heterocycles. The molecule has 2 aromatic carbocycles. The van der Waals surface area contributed by atoms with Crippen molar-refractivity contribution in [1.82, 2.24) is 0 Å². The van der Waals surface area contributed by atoms with Crippen LogP contribution in [0.1, 0.15) is 25.0 Å². The van der Waals surface area contributed by atoms with E-state index in [0.29, 0.717) is 0 Å². The van der Waals surface area contributed by atoms with Gasteiger partial charge in [-0.25, -0.2) is 0 Å². The van der Waals surface area contributed by atoms with E-state index < -0.39 is 5.41 Å². The second kappa shape index (κ2) is 5.58. The summed E-state index contributed by atoms with van der Waals surface area (Å²) in [5.41, 5.74) is 2.93. The molecule has 0 saturated carbocycles. The first-order valence-corrected chi connectivity index (χ1v) is 6.41. The van der Waals surface area contributed by atoms with Gasteiger partial charge in [0, 0.05) is 12.2 Å². The lowest BCUT2D eigenvalue weighted by Gasteiger charge is -2.16. The fourth-order valence-electron chi connectivity index (χ4n) is 1.87.